The van der Waals surface area contributed by atoms with Crippen LogP contribution in [0.25, 0.3) is 11.3 Å². The van der Waals surface area contributed by atoms with Crippen molar-refractivity contribution < 1.29 is 22.6 Å². The highest BCUT2D eigenvalue weighted by molar-refractivity contribution is 5.59. The van der Waals surface area contributed by atoms with Crippen LogP contribution in [-0.2, 0) is 6.54 Å². The molecule has 130 valence electrons. The highest BCUT2D eigenvalue weighted by Crippen LogP contribution is 2.25. The summed E-state index contributed by atoms with van der Waals surface area (Å²) in [5, 5.41) is 4.32. The molecule has 1 aromatic carbocycles. The molecule has 0 spiro atoms. The van der Waals surface area contributed by atoms with E-state index in [0.29, 0.717) is 29.4 Å². The van der Waals surface area contributed by atoms with Gasteiger partial charge in [0.2, 0.25) is 5.88 Å². The molecule has 0 amide bonds. The minimum Gasteiger partial charge on any atom is -0.481 e. The molecule has 0 aliphatic rings. The Morgan fingerprint density at radius 1 is 1.16 bits per heavy atom. The number of alkyl halides is 2. The maximum atomic E-state index is 13.8. The first-order valence-electron chi connectivity index (χ1n) is 7.18. The van der Waals surface area contributed by atoms with Crippen LogP contribution in [0.5, 0.6) is 11.6 Å². The van der Waals surface area contributed by atoms with E-state index < -0.39 is 18.2 Å². The quantitative estimate of drug-likeness (QED) is 0.683. The first kappa shape index (κ1) is 16.7. The van der Waals surface area contributed by atoms with Crippen molar-refractivity contribution in [2.24, 2.45) is 0 Å². The van der Waals surface area contributed by atoms with Crippen LogP contribution in [0.3, 0.4) is 0 Å². The molecule has 2 heterocycles. The van der Waals surface area contributed by atoms with Crippen LogP contribution in [0.1, 0.15) is 5.69 Å². The van der Waals surface area contributed by atoms with E-state index in [9.17, 15) is 13.2 Å². The van der Waals surface area contributed by atoms with Gasteiger partial charge in [0.25, 0.3) is 0 Å². The lowest BCUT2D eigenvalue weighted by Gasteiger charge is -2.06. The Morgan fingerprint density at radius 3 is 2.72 bits per heavy atom. The van der Waals surface area contributed by atoms with Crippen molar-refractivity contribution in [1.82, 2.24) is 19.7 Å². The van der Waals surface area contributed by atoms with E-state index in [1.54, 1.807) is 23.0 Å². The Morgan fingerprint density at radius 2 is 2.00 bits per heavy atom. The van der Waals surface area contributed by atoms with Gasteiger partial charge in [-0.3, -0.25) is 4.68 Å². The largest absolute Gasteiger partial charge is 0.481 e. The summed E-state index contributed by atoms with van der Waals surface area (Å²) in [5.41, 5.74) is 1.62. The van der Waals surface area contributed by atoms with Crippen molar-refractivity contribution >= 4 is 0 Å². The van der Waals surface area contributed by atoms with Crippen LogP contribution < -0.4 is 9.47 Å². The fourth-order valence-corrected chi connectivity index (χ4v) is 2.20. The Bertz CT molecular complexity index is 870. The van der Waals surface area contributed by atoms with Gasteiger partial charge in [-0.1, -0.05) is 0 Å². The number of halogens is 3. The van der Waals surface area contributed by atoms with Crippen molar-refractivity contribution in [3.05, 3.63) is 54.4 Å². The summed E-state index contributed by atoms with van der Waals surface area (Å²) in [6.45, 7) is -2.71. The second-order valence-electron chi connectivity index (χ2n) is 4.97. The Kier molecular flexibility index (Phi) is 4.82. The average molecular weight is 350 g/mol. The molecule has 0 unspecified atom stereocenters. The Balaban J connectivity index is 1.78. The standard InChI is InChI=1S/C16H13F3N4O2/c1-24-15-7-11(20-9-21-15)8-23-5-4-13(22-23)10-2-3-14(12(17)6-10)25-16(18)19/h2-7,9,16H,8H2,1H3. The normalized spacial score (nSPS) is 10.9. The van der Waals surface area contributed by atoms with Crippen molar-refractivity contribution in [2.45, 2.75) is 13.2 Å². The van der Waals surface area contributed by atoms with E-state index in [2.05, 4.69) is 19.8 Å². The monoisotopic (exact) mass is 350 g/mol. The molecule has 0 saturated carbocycles. The summed E-state index contributed by atoms with van der Waals surface area (Å²) in [5.74, 6) is -0.951. The van der Waals surface area contributed by atoms with Gasteiger partial charge >= 0.3 is 6.61 Å². The molecule has 0 bridgehead atoms. The number of aromatic nitrogens is 4. The molecule has 6 nitrogen and oxygen atoms in total. The third-order valence-electron chi connectivity index (χ3n) is 3.32. The van der Waals surface area contributed by atoms with Gasteiger partial charge in [-0.2, -0.15) is 13.9 Å². The summed E-state index contributed by atoms with van der Waals surface area (Å²) in [4.78, 5) is 8.04. The fraction of sp³-hybridized carbons (Fsp3) is 0.188. The van der Waals surface area contributed by atoms with Gasteiger partial charge in [0, 0.05) is 17.8 Å². The molecule has 0 aliphatic heterocycles. The average Bonchev–Trinajstić information content (AvgIpc) is 3.05. The summed E-state index contributed by atoms with van der Waals surface area (Å²) >= 11 is 0. The predicted molar refractivity (Wildman–Crippen MR) is 81.9 cm³/mol. The van der Waals surface area contributed by atoms with Crippen molar-refractivity contribution in [1.29, 1.82) is 0 Å². The third-order valence-corrected chi connectivity index (χ3v) is 3.32. The number of rotatable bonds is 6. The van der Waals surface area contributed by atoms with Crippen LogP contribution in [-0.4, -0.2) is 33.5 Å². The first-order chi connectivity index (χ1) is 12.0. The number of benzene rings is 1. The zero-order valence-corrected chi connectivity index (χ0v) is 13.1. The molecule has 25 heavy (non-hydrogen) atoms. The van der Waals surface area contributed by atoms with Crippen LogP contribution in [0.4, 0.5) is 13.2 Å². The van der Waals surface area contributed by atoms with Crippen molar-refractivity contribution in [3.63, 3.8) is 0 Å². The molecular weight excluding hydrogens is 337 g/mol. The van der Waals surface area contributed by atoms with Gasteiger partial charge in [-0.25, -0.2) is 14.4 Å². The topological polar surface area (TPSA) is 62.1 Å². The highest BCUT2D eigenvalue weighted by atomic mass is 19.3. The maximum Gasteiger partial charge on any atom is 0.387 e. The third kappa shape index (κ3) is 4.06. The molecular formula is C16H13F3N4O2. The van der Waals surface area contributed by atoms with Crippen LogP contribution in [0.15, 0.2) is 42.9 Å². The summed E-state index contributed by atoms with van der Waals surface area (Å²) in [6, 6.07) is 7.06. The van der Waals surface area contributed by atoms with Gasteiger partial charge in [0.05, 0.1) is 25.0 Å². The van der Waals surface area contributed by atoms with E-state index in [-0.39, 0.29) is 0 Å². The van der Waals surface area contributed by atoms with Crippen molar-refractivity contribution in [2.75, 3.05) is 7.11 Å². The van der Waals surface area contributed by atoms with Crippen LogP contribution >= 0.6 is 0 Å². The lowest BCUT2D eigenvalue weighted by atomic mass is 10.1. The summed E-state index contributed by atoms with van der Waals surface area (Å²) in [7, 11) is 1.51. The molecule has 3 aromatic rings. The Hall–Kier alpha value is -3.10. The first-order valence-corrected chi connectivity index (χ1v) is 7.18. The van der Waals surface area contributed by atoms with Gasteiger partial charge in [0.15, 0.2) is 11.6 Å². The molecule has 9 heteroatoms. The zero-order chi connectivity index (χ0) is 17.8. The smallest absolute Gasteiger partial charge is 0.387 e. The van der Waals surface area contributed by atoms with Crippen LogP contribution in [0, 0.1) is 5.82 Å². The van der Waals surface area contributed by atoms with Gasteiger partial charge in [0.1, 0.15) is 6.33 Å². The summed E-state index contributed by atoms with van der Waals surface area (Å²) < 4.78 is 48.9. The highest BCUT2D eigenvalue weighted by Gasteiger charge is 2.12. The SMILES string of the molecule is COc1cc(Cn2ccc(-c3ccc(OC(F)F)c(F)c3)n2)ncn1. The van der Waals surface area contributed by atoms with E-state index >= 15 is 0 Å². The summed E-state index contributed by atoms with van der Waals surface area (Å²) in [6.07, 6.45) is 3.08. The number of ether oxygens (including phenoxy) is 2. The van der Waals surface area contributed by atoms with Crippen LogP contribution in [0.2, 0.25) is 0 Å². The molecule has 0 aliphatic carbocycles. The molecule has 0 fully saturated rings. The number of methoxy groups -OCH3 is 1. The van der Waals surface area contributed by atoms with Gasteiger partial charge < -0.3 is 9.47 Å². The number of hydrogen-bond acceptors (Lipinski definition) is 5. The molecule has 0 atom stereocenters. The molecule has 2 aromatic heterocycles. The lowest BCUT2D eigenvalue weighted by Crippen LogP contribution is -2.04. The van der Waals surface area contributed by atoms with E-state index in [4.69, 9.17) is 4.74 Å². The van der Waals surface area contributed by atoms with E-state index in [1.807, 2.05) is 0 Å². The van der Waals surface area contributed by atoms with E-state index in [1.165, 1.54) is 19.5 Å². The molecule has 0 radical (unpaired) electrons. The molecule has 3 rings (SSSR count). The number of hydrogen-bond donors (Lipinski definition) is 0. The van der Waals surface area contributed by atoms with E-state index in [0.717, 1.165) is 12.1 Å². The minimum atomic E-state index is -3.08. The lowest BCUT2D eigenvalue weighted by molar-refractivity contribution is -0.0521. The second kappa shape index (κ2) is 7.20. The molecule has 0 N–H and O–H groups in total. The van der Waals surface area contributed by atoms with Crippen molar-refractivity contribution in [3.8, 4) is 22.9 Å². The van der Waals surface area contributed by atoms with Gasteiger partial charge in [-0.15, -0.1) is 0 Å². The number of nitrogens with zero attached hydrogens (tertiary/aromatic N) is 4. The fourth-order valence-electron chi connectivity index (χ4n) is 2.20. The molecule has 0 saturated heterocycles. The zero-order valence-electron chi connectivity index (χ0n) is 13.1. The predicted octanol–water partition coefficient (Wildman–Crippen LogP) is 3.14. The Labute approximate surface area is 140 Å². The van der Waals surface area contributed by atoms with Gasteiger partial charge in [-0.05, 0) is 24.3 Å². The maximum absolute atomic E-state index is 13.8. The second-order valence-corrected chi connectivity index (χ2v) is 4.97. The minimum absolute atomic E-state index is 0.369.